The van der Waals surface area contributed by atoms with E-state index in [4.69, 9.17) is 9.47 Å². The van der Waals surface area contributed by atoms with Gasteiger partial charge in [0.1, 0.15) is 11.4 Å². The lowest BCUT2D eigenvalue weighted by Crippen LogP contribution is -2.33. The van der Waals surface area contributed by atoms with Gasteiger partial charge in [0.25, 0.3) is 0 Å². The van der Waals surface area contributed by atoms with E-state index in [1.165, 1.54) is 6.42 Å². The molecular weight excluding hydrogens is 332 g/mol. The van der Waals surface area contributed by atoms with E-state index in [2.05, 4.69) is 0 Å². The molecule has 0 aliphatic carbocycles. The lowest BCUT2D eigenvalue weighted by molar-refractivity contribution is -0.131. The van der Waals surface area contributed by atoms with E-state index in [0.717, 1.165) is 36.3 Å². The Hall–Kier alpha value is -2.24. The molecule has 3 rings (SSSR count). The number of likely N-dealkylation sites (tertiary alicyclic amines) is 1. The van der Waals surface area contributed by atoms with Gasteiger partial charge in [-0.3, -0.25) is 9.69 Å². The van der Waals surface area contributed by atoms with Crippen LogP contribution in [-0.4, -0.2) is 48.1 Å². The molecule has 1 saturated heterocycles. The van der Waals surface area contributed by atoms with Gasteiger partial charge in [-0.15, -0.1) is 0 Å². The minimum Gasteiger partial charge on any atom is -0.497 e. The maximum Gasteiger partial charge on any atom is 0.410 e. The van der Waals surface area contributed by atoms with Crippen LogP contribution in [0.25, 0.3) is 0 Å². The SMILES string of the molecule is CN1CCCCC1=O.COc1ccc2c(c1)CN(C(=O)OC(C)(C)C)C2. The van der Waals surface area contributed by atoms with Crippen LogP contribution < -0.4 is 4.74 Å². The third-order valence-electron chi connectivity index (χ3n) is 4.35. The van der Waals surface area contributed by atoms with Gasteiger partial charge >= 0.3 is 6.09 Å². The van der Waals surface area contributed by atoms with Gasteiger partial charge in [0, 0.05) is 33.1 Å². The summed E-state index contributed by atoms with van der Waals surface area (Å²) in [6, 6.07) is 5.88. The number of rotatable bonds is 1. The monoisotopic (exact) mass is 362 g/mol. The Morgan fingerprint density at radius 1 is 1.12 bits per heavy atom. The summed E-state index contributed by atoms with van der Waals surface area (Å²) in [5.41, 5.74) is 1.82. The van der Waals surface area contributed by atoms with Crippen LogP contribution in [0.5, 0.6) is 5.75 Å². The van der Waals surface area contributed by atoms with Crippen LogP contribution in [0.2, 0.25) is 0 Å². The van der Waals surface area contributed by atoms with E-state index in [9.17, 15) is 9.59 Å². The van der Waals surface area contributed by atoms with Gasteiger partial charge in [-0.05, 0) is 56.9 Å². The number of ether oxygens (including phenoxy) is 2. The summed E-state index contributed by atoms with van der Waals surface area (Å²) in [6.45, 7) is 7.76. The smallest absolute Gasteiger partial charge is 0.410 e. The molecule has 2 heterocycles. The van der Waals surface area contributed by atoms with E-state index >= 15 is 0 Å². The molecule has 6 heteroatoms. The van der Waals surface area contributed by atoms with Crippen molar-refractivity contribution in [2.24, 2.45) is 0 Å². The zero-order valence-corrected chi connectivity index (χ0v) is 16.5. The van der Waals surface area contributed by atoms with Crippen LogP contribution in [0.3, 0.4) is 0 Å². The maximum absolute atomic E-state index is 12.0. The van der Waals surface area contributed by atoms with Crippen LogP contribution in [0.15, 0.2) is 18.2 Å². The van der Waals surface area contributed by atoms with Gasteiger partial charge in [-0.25, -0.2) is 4.79 Å². The molecular formula is C20H30N2O4. The maximum atomic E-state index is 12.0. The van der Waals surface area contributed by atoms with Gasteiger partial charge in [0.05, 0.1) is 7.11 Å². The van der Waals surface area contributed by atoms with Crippen LogP contribution >= 0.6 is 0 Å². The standard InChI is InChI=1S/C14H19NO3.C6H11NO/c1-14(2,3)18-13(16)15-8-10-5-6-12(17-4)7-11(10)9-15;1-7-5-3-2-4-6(7)8/h5-7H,8-9H2,1-4H3;2-5H2,1H3. The first kappa shape index (κ1) is 20.1. The van der Waals surface area contributed by atoms with E-state index in [0.29, 0.717) is 19.0 Å². The number of carbonyl (C=O) groups excluding carboxylic acids is 2. The van der Waals surface area contributed by atoms with Gasteiger partial charge in [0.2, 0.25) is 5.91 Å². The van der Waals surface area contributed by atoms with E-state index in [1.807, 2.05) is 46.0 Å². The van der Waals surface area contributed by atoms with Crippen LogP contribution in [0.4, 0.5) is 4.79 Å². The van der Waals surface area contributed by atoms with E-state index < -0.39 is 5.60 Å². The number of fused-ring (bicyclic) bond motifs is 1. The molecule has 2 aliphatic rings. The molecule has 0 unspecified atom stereocenters. The molecule has 2 amide bonds. The fraction of sp³-hybridized carbons (Fsp3) is 0.600. The van der Waals surface area contributed by atoms with Crippen molar-refractivity contribution < 1.29 is 19.1 Å². The first-order valence-electron chi connectivity index (χ1n) is 9.07. The fourth-order valence-corrected chi connectivity index (χ4v) is 2.89. The second-order valence-corrected chi connectivity index (χ2v) is 7.74. The number of nitrogens with zero attached hydrogens (tertiary/aromatic N) is 2. The van der Waals surface area contributed by atoms with Crippen LogP contribution in [-0.2, 0) is 22.6 Å². The summed E-state index contributed by atoms with van der Waals surface area (Å²) in [7, 11) is 3.50. The average Bonchev–Trinajstić information content (AvgIpc) is 3.00. The van der Waals surface area contributed by atoms with E-state index in [-0.39, 0.29) is 6.09 Å². The second kappa shape index (κ2) is 8.43. The predicted octanol–water partition coefficient (Wildman–Crippen LogP) is 3.57. The fourth-order valence-electron chi connectivity index (χ4n) is 2.89. The first-order valence-corrected chi connectivity index (χ1v) is 9.07. The molecule has 0 radical (unpaired) electrons. The molecule has 6 nitrogen and oxygen atoms in total. The van der Waals surface area contributed by atoms with E-state index in [1.54, 1.807) is 16.9 Å². The zero-order valence-electron chi connectivity index (χ0n) is 16.5. The molecule has 0 saturated carbocycles. The summed E-state index contributed by atoms with van der Waals surface area (Å²) < 4.78 is 10.5. The molecule has 0 atom stereocenters. The Kier molecular flexibility index (Phi) is 6.51. The zero-order chi connectivity index (χ0) is 19.3. The minimum absolute atomic E-state index is 0.266. The summed E-state index contributed by atoms with van der Waals surface area (Å²) >= 11 is 0. The molecule has 1 aromatic carbocycles. The summed E-state index contributed by atoms with van der Waals surface area (Å²) in [4.78, 5) is 26.2. The quantitative estimate of drug-likeness (QED) is 0.766. The van der Waals surface area contributed by atoms with Crippen molar-refractivity contribution in [3.63, 3.8) is 0 Å². The van der Waals surface area contributed by atoms with Crippen LogP contribution in [0, 0.1) is 0 Å². The first-order chi connectivity index (χ1) is 12.2. The third-order valence-corrected chi connectivity index (χ3v) is 4.35. The van der Waals surface area contributed by atoms with Crippen molar-refractivity contribution in [1.82, 2.24) is 9.80 Å². The predicted molar refractivity (Wildman–Crippen MR) is 100.0 cm³/mol. The number of hydrogen-bond acceptors (Lipinski definition) is 4. The highest BCUT2D eigenvalue weighted by atomic mass is 16.6. The Morgan fingerprint density at radius 3 is 2.35 bits per heavy atom. The Labute approximate surface area is 156 Å². The van der Waals surface area contributed by atoms with Gasteiger partial charge in [-0.1, -0.05) is 6.07 Å². The molecule has 2 aliphatic heterocycles. The molecule has 0 bridgehead atoms. The summed E-state index contributed by atoms with van der Waals surface area (Å²) in [5.74, 6) is 1.12. The van der Waals surface area contributed by atoms with Crippen molar-refractivity contribution in [3.8, 4) is 5.75 Å². The van der Waals surface area contributed by atoms with Crippen molar-refractivity contribution in [2.45, 2.75) is 58.7 Å². The largest absolute Gasteiger partial charge is 0.497 e. The molecule has 0 spiro atoms. The molecule has 26 heavy (non-hydrogen) atoms. The Bertz CT molecular complexity index is 652. The highest BCUT2D eigenvalue weighted by Crippen LogP contribution is 2.27. The lowest BCUT2D eigenvalue weighted by Gasteiger charge is -2.24. The average molecular weight is 362 g/mol. The van der Waals surface area contributed by atoms with Crippen LogP contribution in [0.1, 0.15) is 51.2 Å². The lowest BCUT2D eigenvalue weighted by atomic mass is 10.1. The number of piperidine rings is 1. The summed E-state index contributed by atoms with van der Waals surface area (Å²) in [5, 5.41) is 0. The van der Waals surface area contributed by atoms with Crippen molar-refractivity contribution in [2.75, 3.05) is 20.7 Å². The number of methoxy groups -OCH3 is 1. The van der Waals surface area contributed by atoms with Crippen molar-refractivity contribution in [3.05, 3.63) is 29.3 Å². The second-order valence-electron chi connectivity index (χ2n) is 7.74. The molecule has 144 valence electrons. The molecule has 1 fully saturated rings. The third kappa shape index (κ3) is 5.64. The van der Waals surface area contributed by atoms with Gasteiger partial charge < -0.3 is 14.4 Å². The van der Waals surface area contributed by atoms with Crippen molar-refractivity contribution >= 4 is 12.0 Å². The number of carbonyl (C=O) groups is 2. The minimum atomic E-state index is -0.455. The number of hydrogen-bond donors (Lipinski definition) is 0. The number of benzene rings is 1. The molecule has 0 aromatic heterocycles. The highest BCUT2D eigenvalue weighted by molar-refractivity contribution is 5.76. The van der Waals surface area contributed by atoms with Gasteiger partial charge in [-0.2, -0.15) is 0 Å². The number of amides is 2. The van der Waals surface area contributed by atoms with Gasteiger partial charge in [0.15, 0.2) is 0 Å². The Balaban J connectivity index is 0.000000254. The summed E-state index contributed by atoms with van der Waals surface area (Å²) in [6.07, 6.45) is 2.76. The highest BCUT2D eigenvalue weighted by Gasteiger charge is 2.27. The normalized spacial score (nSPS) is 16.6. The Morgan fingerprint density at radius 2 is 1.81 bits per heavy atom. The topological polar surface area (TPSA) is 59.1 Å². The molecule has 1 aromatic rings. The molecule has 0 N–H and O–H groups in total. The van der Waals surface area contributed by atoms with Crippen molar-refractivity contribution in [1.29, 1.82) is 0 Å².